The van der Waals surface area contributed by atoms with Gasteiger partial charge in [-0.15, -0.1) is 0 Å². The van der Waals surface area contributed by atoms with Gasteiger partial charge in [0, 0.05) is 24.9 Å². The Morgan fingerprint density at radius 2 is 1.91 bits per heavy atom. The fourth-order valence-electron chi connectivity index (χ4n) is 3.24. The van der Waals surface area contributed by atoms with E-state index >= 15 is 4.39 Å². The van der Waals surface area contributed by atoms with E-state index in [4.69, 9.17) is 14.7 Å². The number of halogens is 1. The molecule has 0 bridgehead atoms. The molecule has 1 aromatic heterocycles. The van der Waals surface area contributed by atoms with E-state index < -0.39 is 5.82 Å². The van der Waals surface area contributed by atoms with Crippen LogP contribution in [0.4, 0.5) is 21.6 Å². The average Bonchev–Trinajstić information content (AvgIpc) is 2.80. The fourth-order valence-corrected chi connectivity index (χ4v) is 3.24. The van der Waals surface area contributed by atoms with Gasteiger partial charge in [-0.1, -0.05) is 6.07 Å². The summed E-state index contributed by atoms with van der Waals surface area (Å²) in [7, 11) is 1.80. The number of hydrogen-bond acceptors (Lipinski definition) is 6. The molecule has 1 N–H and O–H groups in total. The summed E-state index contributed by atoms with van der Waals surface area (Å²) in [6.45, 7) is 6.30. The van der Waals surface area contributed by atoms with Gasteiger partial charge < -0.3 is 19.7 Å². The second-order valence-corrected chi connectivity index (χ2v) is 7.36. The molecule has 0 aliphatic rings. The lowest BCUT2D eigenvalue weighted by atomic mass is 10.1. The number of hydrogen-bond donors (Lipinski definition) is 1. The standard InChI is InChI=1S/C25H27FN4O2/c1-5-31-21-13-22(25(26)23(14-21)32-17(2)3)30(20-11-9-18(15-27)10-12-20)16-19-7-6-8-24(28-4)29-19/h6-14,17H,5,16H2,1-4H3,(H,28,29). The molecule has 0 saturated heterocycles. The molecule has 7 heteroatoms. The molecule has 0 amide bonds. The molecule has 3 rings (SSSR count). The minimum Gasteiger partial charge on any atom is -0.494 e. The maximum atomic E-state index is 15.7. The van der Waals surface area contributed by atoms with Crippen molar-refractivity contribution in [1.29, 1.82) is 5.26 Å². The molecule has 1 heterocycles. The number of nitriles is 1. The molecule has 0 spiro atoms. The van der Waals surface area contributed by atoms with Gasteiger partial charge in [-0.2, -0.15) is 5.26 Å². The highest BCUT2D eigenvalue weighted by molar-refractivity contribution is 5.68. The molecule has 0 fully saturated rings. The van der Waals surface area contributed by atoms with Crippen LogP contribution in [0.5, 0.6) is 11.5 Å². The zero-order valence-electron chi connectivity index (χ0n) is 18.7. The van der Waals surface area contributed by atoms with Crippen LogP contribution in [-0.4, -0.2) is 24.7 Å². The van der Waals surface area contributed by atoms with Gasteiger partial charge in [-0.25, -0.2) is 9.37 Å². The summed E-state index contributed by atoms with van der Waals surface area (Å²) < 4.78 is 27.1. The number of ether oxygens (including phenoxy) is 2. The normalized spacial score (nSPS) is 10.5. The predicted molar refractivity (Wildman–Crippen MR) is 124 cm³/mol. The summed E-state index contributed by atoms with van der Waals surface area (Å²) in [5, 5.41) is 12.2. The Kier molecular flexibility index (Phi) is 7.50. The monoisotopic (exact) mass is 434 g/mol. The third kappa shape index (κ3) is 5.46. The predicted octanol–water partition coefficient (Wildman–Crippen LogP) is 5.66. The van der Waals surface area contributed by atoms with Gasteiger partial charge in [-0.05, 0) is 57.2 Å². The molecule has 166 valence electrons. The molecule has 0 radical (unpaired) electrons. The second-order valence-electron chi connectivity index (χ2n) is 7.36. The number of benzene rings is 2. The molecule has 3 aromatic rings. The van der Waals surface area contributed by atoms with E-state index in [0.29, 0.717) is 35.8 Å². The van der Waals surface area contributed by atoms with Gasteiger partial charge in [0.2, 0.25) is 0 Å². The Morgan fingerprint density at radius 3 is 2.53 bits per heavy atom. The number of rotatable bonds is 9. The molecule has 0 atom stereocenters. The lowest BCUT2D eigenvalue weighted by molar-refractivity contribution is 0.229. The van der Waals surface area contributed by atoms with Crippen LogP contribution in [0, 0.1) is 17.1 Å². The Balaban J connectivity index is 2.14. The third-order valence-electron chi connectivity index (χ3n) is 4.65. The Hall–Kier alpha value is -3.79. The van der Waals surface area contributed by atoms with Crippen LogP contribution in [0.15, 0.2) is 54.6 Å². The van der Waals surface area contributed by atoms with Crippen molar-refractivity contribution in [1.82, 2.24) is 4.98 Å². The highest BCUT2D eigenvalue weighted by atomic mass is 19.1. The second kappa shape index (κ2) is 10.5. The summed E-state index contributed by atoms with van der Waals surface area (Å²) in [6.07, 6.45) is -0.202. The smallest absolute Gasteiger partial charge is 0.188 e. The van der Waals surface area contributed by atoms with Crippen LogP contribution in [0.1, 0.15) is 32.0 Å². The van der Waals surface area contributed by atoms with E-state index in [-0.39, 0.29) is 11.9 Å². The van der Waals surface area contributed by atoms with E-state index in [1.54, 1.807) is 48.3 Å². The zero-order valence-corrected chi connectivity index (χ0v) is 18.7. The van der Waals surface area contributed by atoms with Gasteiger partial charge in [0.1, 0.15) is 11.6 Å². The highest BCUT2D eigenvalue weighted by Crippen LogP contribution is 2.38. The fraction of sp³-hybridized carbons (Fsp3) is 0.280. The summed E-state index contributed by atoms with van der Waals surface area (Å²) in [4.78, 5) is 6.38. The van der Waals surface area contributed by atoms with Crippen LogP contribution in [0.3, 0.4) is 0 Å². The summed E-state index contributed by atoms with van der Waals surface area (Å²) in [5.74, 6) is 0.859. The van der Waals surface area contributed by atoms with Crippen molar-refractivity contribution in [3.8, 4) is 17.6 Å². The first-order chi connectivity index (χ1) is 15.4. The number of nitrogens with one attached hydrogen (secondary N) is 1. The van der Waals surface area contributed by atoms with Crippen LogP contribution in [0.2, 0.25) is 0 Å². The third-order valence-corrected chi connectivity index (χ3v) is 4.65. The number of nitrogens with zero attached hydrogens (tertiary/aromatic N) is 3. The van der Waals surface area contributed by atoms with Crippen molar-refractivity contribution in [3.63, 3.8) is 0 Å². The molecule has 32 heavy (non-hydrogen) atoms. The zero-order chi connectivity index (χ0) is 23.1. The molecule has 0 saturated carbocycles. The lowest BCUT2D eigenvalue weighted by Crippen LogP contribution is -2.20. The molecule has 0 aliphatic carbocycles. The van der Waals surface area contributed by atoms with Crippen molar-refractivity contribution in [2.75, 3.05) is 23.9 Å². The molecule has 0 aliphatic heterocycles. The number of pyridine rings is 1. The highest BCUT2D eigenvalue weighted by Gasteiger charge is 2.21. The first kappa shape index (κ1) is 22.9. The molecule has 6 nitrogen and oxygen atoms in total. The van der Waals surface area contributed by atoms with E-state index in [2.05, 4.69) is 16.4 Å². The quantitative estimate of drug-likeness (QED) is 0.469. The van der Waals surface area contributed by atoms with Crippen molar-refractivity contribution < 1.29 is 13.9 Å². The lowest BCUT2D eigenvalue weighted by Gasteiger charge is -2.27. The average molecular weight is 435 g/mol. The van der Waals surface area contributed by atoms with Gasteiger partial charge in [0.05, 0.1) is 42.3 Å². The van der Waals surface area contributed by atoms with Gasteiger partial charge >= 0.3 is 0 Å². The number of aromatic nitrogens is 1. The van der Waals surface area contributed by atoms with Crippen molar-refractivity contribution in [2.24, 2.45) is 0 Å². The largest absolute Gasteiger partial charge is 0.494 e. The van der Waals surface area contributed by atoms with Gasteiger partial charge in [-0.3, -0.25) is 0 Å². The Bertz CT molecular complexity index is 1090. The minimum atomic E-state index is -0.490. The molecule has 0 unspecified atom stereocenters. The molecule has 2 aromatic carbocycles. The van der Waals surface area contributed by atoms with Gasteiger partial charge in [0.25, 0.3) is 0 Å². The maximum Gasteiger partial charge on any atom is 0.188 e. The molecular formula is C25H27FN4O2. The Labute approximate surface area is 188 Å². The first-order valence-electron chi connectivity index (χ1n) is 10.5. The van der Waals surface area contributed by atoms with Crippen molar-refractivity contribution >= 4 is 17.2 Å². The summed E-state index contributed by atoms with van der Waals surface area (Å²) >= 11 is 0. The summed E-state index contributed by atoms with van der Waals surface area (Å²) in [5.41, 5.74) is 2.28. The van der Waals surface area contributed by atoms with Crippen LogP contribution < -0.4 is 19.7 Å². The van der Waals surface area contributed by atoms with Crippen molar-refractivity contribution in [3.05, 3.63) is 71.7 Å². The van der Waals surface area contributed by atoms with E-state index in [0.717, 1.165) is 11.5 Å². The van der Waals surface area contributed by atoms with Gasteiger partial charge in [0.15, 0.2) is 11.6 Å². The number of anilines is 3. The van der Waals surface area contributed by atoms with E-state index in [1.165, 1.54) is 0 Å². The van der Waals surface area contributed by atoms with E-state index in [1.807, 2.05) is 39.0 Å². The topological polar surface area (TPSA) is 70.4 Å². The summed E-state index contributed by atoms with van der Waals surface area (Å²) in [6, 6.07) is 18.0. The first-order valence-corrected chi connectivity index (χ1v) is 10.5. The minimum absolute atomic E-state index is 0.122. The van der Waals surface area contributed by atoms with Crippen LogP contribution >= 0.6 is 0 Å². The maximum absolute atomic E-state index is 15.7. The van der Waals surface area contributed by atoms with E-state index in [9.17, 15) is 0 Å². The Morgan fingerprint density at radius 1 is 1.16 bits per heavy atom. The van der Waals surface area contributed by atoms with Crippen LogP contribution in [0.25, 0.3) is 0 Å². The van der Waals surface area contributed by atoms with Crippen LogP contribution in [-0.2, 0) is 6.54 Å². The SMILES string of the molecule is CCOc1cc(OC(C)C)c(F)c(N(Cc2cccc(NC)n2)c2ccc(C#N)cc2)c1. The van der Waals surface area contributed by atoms with Crippen molar-refractivity contribution in [2.45, 2.75) is 33.4 Å². The molecular weight excluding hydrogens is 407 g/mol.